The van der Waals surface area contributed by atoms with Crippen LogP contribution in [0.1, 0.15) is 5.69 Å². The Morgan fingerprint density at radius 3 is 2.69 bits per heavy atom. The normalized spacial score (nSPS) is 9.56. The number of hydrogen-bond acceptors (Lipinski definition) is 3. The van der Waals surface area contributed by atoms with E-state index in [1.165, 1.54) is 0 Å². The van der Waals surface area contributed by atoms with Crippen LogP contribution in [0.5, 0.6) is 5.75 Å². The molecule has 5 heteroatoms. The minimum absolute atomic E-state index is 0. The molecule has 2 aromatic rings. The molecule has 0 aliphatic rings. The molecule has 0 saturated carbocycles. The van der Waals surface area contributed by atoms with Crippen LogP contribution in [-0.2, 0) is 0 Å². The zero-order chi connectivity index (χ0) is 10.8. The van der Waals surface area contributed by atoms with Crippen LogP contribution in [0.4, 0.5) is 0 Å². The number of nitrogens with zero attached hydrogens (tertiary/aromatic N) is 1. The molecule has 0 aliphatic heterocycles. The number of hydrogen-bond donors (Lipinski definition) is 2. The lowest BCUT2D eigenvalue weighted by Crippen LogP contribution is -2.12. The molecule has 0 saturated heterocycles. The summed E-state index contributed by atoms with van der Waals surface area (Å²) in [5, 5.41) is 8.28. The Bertz CT molecular complexity index is 528. The summed E-state index contributed by atoms with van der Waals surface area (Å²) in [5.74, 6) is 0.651. The summed E-state index contributed by atoms with van der Waals surface area (Å²) >= 11 is 0. The van der Waals surface area contributed by atoms with Crippen molar-refractivity contribution in [2.24, 2.45) is 5.73 Å². The van der Waals surface area contributed by atoms with Gasteiger partial charge >= 0.3 is 0 Å². The second-order valence-corrected chi connectivity index (χ2v) is 3.14. The van der Waals surface area contributed by atoms with Crippen molar-refractivity contribution >= 4 is 29.1 Å². The van der Waals surface area contributed by atoms with E-state index in [1.807, 2.05) is 24.3 Å². The second kappa shape index (κ2) is 4.81. The number of pyridine rings is 1. The predicted octanol–water partition coefficient (Wildman–Crippen LogP) is 1.95. The van der Waals surface area contributed by atoms with E-state index >= 15 is 0 Å². The molecule has 0 bridgehead atoms. The number of rotatable bonds is 2. The average molecular weight is 238 g/mol. The number of halogens is 1. The zero-order valence-electron chi connectivity index (χ0n) is 8.73. The molecule has 0 unspecified atom stereocenters. The van der Waals surface area contributed by atoms with Crippen molar-refractivity contribution in [1.29, 1.82) is 5.41 Å². The number of aromatic nitrogens is 1. The Morgan fingerprint density at radius 2 is 2.06 bits per heavy atom. The van der Waals surface area contributed by atoms with Crippen molar-refractivity contribution in [3.8, 4) is 5.75 Å². The van der Waals surface area contributed by atoms with Crippen molar-refractivity contribution in [2.45, 2.75) is 0 Å². The topological polar surface area (TPSA) is 72.0 Å². The third kappa shape index (κ3) is 2.06. The number of fused-ring (bicyclic) bond motifs is 1. The number of nitrogens with two attached hydrogens (primary N) is 1. The summed E-state index contributed by atoms with van der Waals surface area (Å²) in [6.07, 6.45) is 0. The van der Waals surface area contributed by atoms with Crippen LogP contribution < -0.4 is 10.5 Å². The lowest BCUT2D eigenvalue weighted by Gasteiger charge is -2.05. The summed E-state index contributed by atoms with van der Waals surface area (Å²) in [7, 11) is 1.59. The lowest BCUT2D eigenvalue weighted by molar-refractivity contribution is 0.419. The van der Waals surface area contributed by atoms with Gasteiger partial charge in [-0.2, -0.15) is 0 Å². The van der Waals surface area contributed by atoms with Crippen molar-refractivity contribution in [1.82, 2.24) is 4.98 Å². The number of methoxy groups -OCH3 is 1. The van der Waals surface area contributed by atoms with Gasteiger partial charge in [0, 0.05) is 5.39 Å². The average Bonchev–Trinajstić information content (AvgIpc) is 2.27. The van der Waals surface area contributed by atoms with Crippen LogP contribution in [0.15, 0.2) is 30.3 Å². The summed E-state index contributed by atoms with van der Waals surface area (Å²) < 4.78 is 5.19. The largest absolute Gasteiger partial charge is 0.494 e. The van der Waals surface area contributed by atoms with E-state index < -0.39 is 0 Å². The van der Waals surface area contributed by atoms with E-state index in [4.69, 9.17) is 15.9 Å². The Morgan fingerprint density at radius 1 is 1.31 bits per heavy atom. The smallest absolute Gasteiger partial charge is 0.145 e. The van der Waals surface area contributed by atoms with Crippen LogP contribution in [0, 0.1) is 5.41 Å². The Labute approximate surface area is 99.4 Å². The molecule has 0 atom stereocenters. The number of para-hydroxylation sites is 1. The summed E-state index contributed by atoms with van der Waals surface area (Å²) in [6.45, 7) is 0. The number of ether oxygens (including phenoxy) is 1. The molecular formula is C11H12ClN3O. The van der Waals surface area contributed by atoms with Gasteiger partial charge in [-0.25, -0.2) is 4.98 Å². The van der Waals surface area contributed by atoms with Crippen molar-refractivity contribution in [2.75, 3.05) is 7.11 Å². The quantitative estimate of drug-likeness (QED) is 0.619. The maximum Gasteiger partial charge on any atom is 0.145 e. The van der Waals surface area contributed by atoms with E-state index in [0.29, 0.717) is 11.4 Å². The van der Waals surface area contributed by atoms with E-state index in [1.54, 1.807) is 13.2 Å². The predicted molar refractivity (Wildman–Crippen MR) is 66.6 cm³/mol. The summed E-state index contributed by atoms with van der Waals surface area (Å²) in [5.41, 5.74) is 6.57. The second-order valence-electron chi connectivity index (χ2n) is 3.14. The molecule has 0 radical (unpaired) electrons. The molecule has 2 rings (SSSR count). The zero-order valence-corrected chi connectivity index (χ0v) is 9.54. The van der Waals surface area contributed by atoms with Gasteiger partial charge in [0.15, 0.2) is 0 Å². The molecule has 0 aliphatic carbocycles. The fraction of sp³-hybridized carbons (Fsp3) is 0.0909. The Balaban J connectivity index is 0.00000128. The third-order valence-corrected chi connectivity index (χ3v) is 2.18. The molecule has 3 N–H and O–H groups in total. The van der Waals surface area contributed by atoms with Crippen molar-refractivity contribution < 1.29 is 4.74 Å². The molecule has 0 fully saturated rings. The Kier molecular flexibility index (Phi) is 3.68. The maximum absolute atomic E-state index is 7.31. The standard InChI is InChI=1S/C11H11N3O.ClH/c1-15-9-4-2-3-7-5-6-8(11(12)13)14-10(7)9;/h2-6H,1H3,(H3,12,13);1H. The van der Waals surface area contributed by atoms with E-state index in [-0.39, 0.29) is 18.2 Å². The molecular weight excluding hydrogens is 226 g/mol. The van der Waals surface area contributed by atoms with Gasteiger partial charge < -0.3 is 10.5 Å². The highest BCUT2D eigenvalue weighted by molar-refractivity contribution is 5.96. The minimum atomic E-state index is -0.0391. The number of benzene rings is 1. The fourth-order valence-electron chi connectivity index (χ4n) is 1.43. The third-order valence-electron chi connectivity index (χ3n) is 2.18. The number of nitrogens with one attached hydrogen (secondary N) is 1. The fourth-order valence-corrected chi connectivity index (χ4v) is 1.43. The van der Waals surface area contributed by atoms with Gasteiger partial charge in [0.1, 0.15) is 22.8 Å². The van der Waals surface area contributed by atoms with Crippen LogP contribution in [0.3, 0.4) is 0 Å². The first-order valence-electron chi connectivity index (χ1n) is 4.50. The van der Waals surface area contributed by atoms with Gasteiger partial charge in [-0.15, -0.1) is 12.4 Å². The molecule has 0 amide bonds. The minimum Gasteiger partial charge on any atom is -0.494 e. The van der Waals surface area contributed by atoms with Crippen LogP contribution in [0.2, 0.25) is 0 Å². The molecule has 84 valence electrons. The van der Waals surface area contributed by atoms with E-state index in [9.17, 15) is 0 Å². The number of amidine groups is 1. The molecule has 4 nitrogen and oxygen atoms in total. The maximum atomic E-state index is 7.31. The van der Waals surface area contributed by atoms with Crippen molar-refractivity contribution in [3.63, 3.8) is 0 Å². The highest BCUT2D eigenvalue weighted by Crippen LogP contribution is 2.23. The van der Waals surface area contributed by atoms with E-state index in [2.05, 4.69) is 4.98 Å². The van der Waals surface area contributed by atoms with Gasteiger partial charge in [-0.05, 0) is 12.1 Å². The summed E-state index contributed by atoms with van der Waals surface area (Å²) in [6, 6.07) is 9.27. The first-order chi connectivity index (χ1) is 7.22. The molecule has 16 heavy (non-hydrogen) atoms. The lowest BCUT2D eigenvalue weighted by atomic mass is 10.2. The first kappa shape index (κ1) is 12.3. The molecule has 1 heterocycles. The van der Waals surface area contributed by atoms with Gasteiger partial charge in [-0.1, -0.05) is 18.2 Å². The highest BCUT2D eigenvalue weighted by atomic mass is 35.5. The van der Waals surface area contributed by atoms with Gasteiger partial charge in [0.25, 0.3) is 0 Å². The van der Waals surface area contributed by atoms with Gasteiger partial charge in [0.2, 0.25) is 0 Å². The first-order valence-corrected chi connectivity index (χ1v) is 4.50. The number of nitrogen functional groups attached to an aromatic ring is 1. The molecule has 1 aromatic carbocycles. The van der Waals surface area contributed by atoms with Crippen LogP contribution >= 0.6 is 12.4 Å². The van der Waals surface area contributed by atoms with Gasteiger partial charge in [0.05, 0.1) is 7.11 Å². The highest BCUT2D eigenvalue weighted by Gasteiger charge is 2.04. The van der Waals surface area contributed by atoms with Gasteiger partial charge in [-0.3, -0.25) is 5.41 Å². The molecule has 0 spiro atoms. The van der Waals surface area contributed by atoms with Crippen LogP contribution in [0.25, 0.3) is 10.9 Å². The van der Waals surface area contributed by atoms with E-state index in [0.717, 1.165) is 10.9 Å². The van der Waals surface area contributed by atoms with Crippen LogP contribution in [-0.4, -0.2) is 17.9 Å². The Hall–Kier alpha value is -1.81. The van der Waals surface area contributed by atoms with Crippen molar-refractivity contribution in [3.05, 3.63) is 36.0 Å². The summed E-state index contributed by atoms with van der Waals surface area (Å²) in [4.78, 5) is 4.27. The monoisotopic (exact) mass is 237 g/mol. The SMILES string of the molecule is COc1cccc2ccc(C(=N)N)nc12.Cl. The molecule has 1 aromatic heterocycles.